The monoisotopic (exact) mass is 424 g/mol. The van der Waals surface area contributed by atoms with Crippen molar-refractivity contribution in [3.05, 3.63) is 42.4 Å². The predicted octanol–water partition coefficient (Wildman–Crippen LogP) is 4.70. The molecule has 2 aliphatic rings. The van der Waals surface area contributed by atoms with E-state index < -0.39 is 3.68 Å². The Kier molecular flexibility index (Phi) is 3.78. The van der Waals surface area contributed by atoms with E-state index in [0.29, 0.717) is 32.1 Å². The van der Waals surface area contributed by atoms with Crippen molar-refractivity contribution < 1.29 is 9.18 Å². The zero-order valence-corrected chi connectivity index (χ0v) is 14.9. The summed E-state index contributed by atoms with van der Waals surface area (Å²) in [5, 5.41) is 0. The van der Waals surface area contributed by atoms with Crippen LogP contribution >= 0.6 is 22.6 Å². The molecule has 1 unspecified atom stereocenters. The number of carbonyl (C=O) groups is 1. The van der Waals surface area contributed by atoms with Crippen LogP contribution in [0.2, 0.25) is 0 Å². The number of hydrogen-bond donors (Lipinski definition) is 0. The average molecular weight is 424 g/mol. The molecule has 1 aliphatic heterocycles. The Morgan fingerprint density at radius 1 is 1.35 bits per heavy atom. The van der Waals surface area contributed by atoms with Crippen LogP contribution in [0.3, 0.4) is 0 Å². The highest BCUT2D eigenvalue weighted by atomic mass is 127. The van der Waals surface area contributed by atoms with E-state index in [-0.39, 0.29) is 17.7 Å². The van der Waals surface area contributed by atoms with Crippen molar-refractivity contribution in [2.45, 2.75) is 41.8 Å². The molecule has 0 spiro atoms. The minimum atomic E-state index is -1.12. The van der Waals surface area contributed by atoms with Gasteiger partial charge in [0.15, 0.2) is 3.68 Å². The van der Waals surface area contributed by atoms with E-state index in [1.165, 1.54) is 11.1 Å². The first-order valence-electron chi connectivity index (χ1n) is 8.07. The summed E-state index contributed by atoms with van der Waals surface area (Å²) >= 11 is 1.88. The van der Waals surface area contributed by atoms with Crippen LogP contribution in [0.25, 0.3) is 11.3 Å². The molecule has 1 aromatic heterocycles. The first kappa shape index (κ1) is 15.3. The molecule has 4 rings (SSSR count). The van der Waals surface area contributed by atoms with Crippen LogP contribution in [-0.2, 0) is 4.79 Å². The molecule has 0 amide bonds. The topological polar surface area (TPSA) is 34.9 Å². The summed E-state index contributed by atoms with van der Waals surface area (Å²) in [6.45, 7) is 0. The Labute approximate surface area is 148 Å². The number of carbonyl (C=O) groups excluding carboxylic acids is 1. The molecule has 1 atom stereocenters. The maximum atomic E-state index is 13.9. The fourth-order valence-corrected chi connectivity index (χ4v) is 4.48. The maximum Gasteiger partial charge on any atom is 0.161 e. The third-order valence-corrected chi connectivity index (χ3v) is 6.24. The molecule has 0 radical (unpaired) electrons. The number of imidazole rings is 1. The zero-order valence-electron chi connectivity index (χ0n) is 12.7. The van der Waals surface area contributed by atoms with E-state index >= 15 is 0 Å². The molecule has 5 heteroatoms. The summed E-state index contributed by atoms with van der Waals surface area (Å²) in [5.74, 6) is 0.270. The molecule has 3 nitrogen and oxygen atoms in total. The largest absolute Gasteiger partial charge is 0.323 e. The van der Waals surface area contributed by atoms with Crippen molar-refractivity contribution >= 4 is 28.4 Å². The van der Waals surface area contributed by atoms with Gasteiger partial charge in [0.1, 0.15) is 5.78 Å². The lowest BCUT2D eigenvalue weighted by Crippen LogP contribution is -2.28. The highest BCUT2D eigenvalue weighted by molar-refractivity contribution is 14.1. The summed E-state index contributed by atoms with van der Waals surface area (Å²) in [4.78, 5) is 17.0. The summed E-state index contributed by atoms with van der Waals surface area (Å²) in [7, 11) is 0. The van der Waals surface area contributed by atoms with Gasteiger partial charge in [0.25, 0.3) is 0 Å². The molecule has 0 N–H and O–H groups in total. The van der Waals surface area contributed by atoms with E-state index in [2.05, 4.69) is 21.7 Å². The van der Waals surface area contributed by atoms with Gasteiger partial charge in [0, 0.05) is 17.9 Å². The lowest BCUT2D eigenvalue weighted by atomic mass is 9.82. The molecule has 0 bridgehead atoms. The van der Waals surface area contributed by atoms with Gasteiger partial charge in [-0.25, -0.2) is 9.37 Å². The Hall–Kier alpha value is -1.24. The van der Waals surface area contributed by atoms with Gasteiger partial charge in [-0.1, -0.05) is 24.3 Å². The SMILES string of the molecule is O=C(CC1c2ccccc2-c2cncn21)C1CCC(F)(I)CC1. The van der Waals surface area contributed by atoms with Crippen molar-refractivity contribution in [3.8, 4) is 11.3 Å². The van der Waals surface area contributed by atoms with Crippen molar-refractivity contribution in [2.24, 2.45) is 5.92 Å². The molecule has 1 aromatic carbocycles. The second kappa shape index (κ2) is 5.69. The lowest BCUT2D eigenvalue weighted by molar-refractivity contribution is -0.124. The smallest absolute Gasteiger partial charge is 0.161 e. The molecule has 0 saturated heterocycles. The van der Waals surface area contributed by atoms with Crippen LogP contribution in [-0.4, -0.2) is 19.0 Å². The number of nitrogens with zero attached hydrogens (tertiary/aromatic N) is 2. The van der Waals surface area contributed by atoms with Crippen LogP contribution < -0.4 is 0 Å². The van der Waals surface area contributed by atoms with Crippen LogP contribution in [0.1, 0.15) is 43.7 Å². The van der Waals surface area contributed by atoms with E-state index in [0.717, 1.165) is 5.69 Å². The van der Waals surface area contributed by atoms with E-state index in [1.807, 2.05) is 47.2 Å². The van der Waals surface area contributed by atoms with Crippen molar-refractivity contribution in [2.75, 3.05) is 0 Å². The summed E-state index contributed by atoms with van der Waals surface area (Å²) in [6, 6.07) is 8.25. The third kappa shape index (κ3) is 2.73. The molecule has 120 valence electrons. The summed E-state index contributed by atoms with van der Waals surface area (Å²) in [6.07, 6.45) is 6.46. The molecule has 1 saturated carbocycles. The third-order valence-electron chi connectivity index (χ3n) is 5.16. The maximum absolute atomic E-state index is 13.9. The number of aromatic nitrogens is 2. The molecule has 1 aliphatic carbocycles. The number of benzene rings is 1. The minimum Gasteiger partial charge on any atom is -0.323 e. The van der Waals surface area contributed by atoms with E-state index in [9.17, 15) is 9.18 Å². The standard InChI is InChI=1S/C18H18FIN2O/c19-18(20)7-5-12(6-8-18)17(23)9-15-13-3-1-2-4-14(13)16-10-21-11-22(15)16/h1-4,10-12,15H,5-9H2. The Morgan fingerprint density at radius 2 is 2.09 bits per heavy atom. The molecular formula is C18H18FIN2O. The molecule has 2 heterocycles. The molecule has 1 fully saturated rings. The quantitative estimate of drug-likeness (QED) is 0.529. The minimum absolute atomic E-state index is 0.00775. The second-order valence-electron chi connectivity index (χ2n) is 6.59. The average Bonchev–Trinajstić information content (AvgIpc) is 3.10. The Balaban J connectivity index is 1.55. The number of fused-ring (bicyclic) bond motifs is 3. The number of Topliss-reactive ketones (excluding diaryl/α,β-unsaturated/α-hetero) is 1. The molecule has 2 aromatic rings. The fraction of sp³-hybridized carbons (Fsp3) is 0.444. The number of rotatable bonds is 3. The van der Waals surface area contributed by atoms with Crippen LogP contribution in [0, 0.1) is 5.92 Å². The summed E-state index contributed by atoms with van der Waals surface area (Å²) < 4.78 is 14.9. The predicted molar refractivity (Wildman–Crippen MR) is 95.2 cm³/mol. The molecule has 23 heavy (non-hydrogen) atoms. The lowest BCUT2D eigenvalue weighted by Gasteiger charge is -2.29. The van der Waals surface area contributed by atoms with Crippen LogP contribution in [0.15, 0.2) is 36.8 Å². The van der Waals surface area contributed by atoms with Gasteiger partial charge in [-0.15, -0.1) is 0 Å². The van der Waals surface area contributed by atoms with Gasteiger partial charge in [0.05, 0.1) is 24.3 Å². The highest BCUT2D eigenvalue weighted by Crippen LogP contribution is 2.44. The fourth-order valence-electron chi connectivity index (χ4n) is 3.86. The number of hydrogen-bond acceptors (Lipinski definition) is 2. The van der Waals surface area contributed by atoms with Gasteiger partial charge >= 0.3 is 0 Å². The summed E-state index contributed by atoms with van der Waals surface area (Å²) in [5.41, 5.74) is 3.45. The van der Waals surface area contributed by atoms with Crippen LogP contribution in [0.4, 0.5) is 4.39 Å². The van der Waals surface area contributed by atoms with Gasteiger partial charge in [-0.3, -0.25) is 4.79 Å². The number of ketones is 1. The first-order chi connectivity index (χ1) is 11.1. The molecular weight excluding hydrogens is 406 g/mol. The van der Waals surface area contributed by atoms with Gasteiger partial charge in [-0.05, 0) is 53.8 Å². The van der Waals surface area contributed by atoms with E-state index in [1.54, 1.807) is 0 Å². The zero-order chi connectivity index (χ0) is 16.0. The normalized spacial score (nSPS) is 29.1. The van der Waals surface area contributed by atoms with Crippen molar-refractivity contribution in [1.82, 2.24) is 9.55 Å². The Bertz CT molecular complexity index is 745. The van der Waals surface area contributed by atoms with Crippen molar-refractivity contribution in [3.63, 3.8) is 0 Å². The number of halogens is 2. The first-order valence-corrected chi connectivity index (χ1v) is 9.15. The second-order valence-corrected chi connectivity index (χ2v) is 8.52. The Morgan fingerprint density at radius 3 is 2.87 bits per heavy atom. The van der Waals surface area contributed by atoms with E-state index in [4.69, 9.17) is 0 Å². The van der Waals surface area contributed by atoms with Gasteiger partial charge in [0.2, 0.25) is 0 Å². The highest BCUT2D eigenvalue weighted by Gasteiger charge is 2.37. The van der Waals surface area contributed by atoms with Crippen molar-refractivity contribution in [1.29, 1.82) is 0 Å². The van der Waals surface area contributed by atoms with Gasteiger partial charge < -0.3 is 4.57 Å². The number of alkyl halides is 2. The van der Waals surface area contributed by atoms with Crippen LogP contribution in [0.5, 0.6) is 0 Å². The van der Waals surface area contributed by atoms with Gasteiger partial charge in [-0.2, -0.15) is 0 Å².